The number of hydrogen-bond acceptors (Lipinski definition) is 5. The number of H-pyrrole nitrogens is 1. The molecule has 2 amide bonds. The molecule has 31 heavy (non-hydrogen) atoms. The van der Waals surface area contributed by atoms with Crippen LogP contribution in [-0.2, 0) is 16.1 Å². The molecule has 0 fully saturated rings. The Bertz CT molecular complexity index is 1160. The summed E-state index contributed by atoms with van der Waals surface area (Å²) in [6, 6.07) is 15.0. The van der Waals surface area contributed by atoms with Crippen molar-refractivity contribution in [1.29, 1.82) is 5.41 Å². The molecular formula is C23H23N5O2S. The summed E-state index contributed by atoms with van der Waals surface area (Å²) < 4.78 is 0. The quantitative estimate of drug-likeness (QED) is 0.355. The van der Waals surface area contributed by atoms with Crippen LogP contribution in [0.4, 0.5) is 5.69 Å². The molecule has 0 aliphatic carbocycles. The second-order valence-electron chi connectivity index (χ2n) is 7.23. The summed E-state index contributed by atoms with van der Waals surface area (Å²) in [4.78, 5) is 31.5. The third kappa shape index (κ3) is 4.49. The molecular weight excluding hydrogens is 410 g/mol. The molecule has 0 unspecified atom stereocenters. The highest BCUT2D eigenvalue weighted by Gasteiger charge is 2.30. The zero-order valence-corrected chi connectivity index (χ0v) is 17.8. The van der Waals surface area contributed by atoms with E-state index in [2.05, 4.69) is 15.6 Å². The monoisotopic (exact) mass is 433 g/mol. The molecule has 0 saturated carbocycles. The van der Waals surface area contributed by atoms with Crippen LogP contribution in [0, 0.1) is 5.41 Å². The highest BCUT2D eigenvalue weighted by atomic mass is 32.2. The number of carbonyl (C=O) groups is 2. The van der Waals surface area contributed by atoms with Gasteiger partial charge in [-0.25, -0.2) is 0 Å². The summed E-state index contributed by atoms with van der Waals surface area (Å²) in [5.41, 5.74) is 3.06. The second kappa shape index (κ2) is 9.09. The molecule has 1 atom stereocenters. The number of benzene rings is 2. The summed E-state index contributed by atoms with van der Waals surface area (Å²) in [6.45, 7) is 0.537. The van der Waals surface area contributed by atoms with Gasteiger partial charge < -0.3 is 25.9 Å². The van der Waals surface area contributed by atoms with Crippen LogP contribution >= 0.6 is 11.8 Å². The molecule has 1 aliphatic rings. The Hall–Kier alpha value is -3.52. The van der Waals surface area contributed by atoms with Gasteiger partial charge in [-0.1, -0.05) is 30.3 Å². The molecule has 2 heterocycles. The predicted octanol–water partition coefficient (Wildman–Crippen LogP) is 3.04. The van der Waals surface area contributed by atoms with Gasteiger partial charge in [-0.05, 0) is 23.8 Å². The van der Waals surface area contributed by atoms with E-state index in [-0.39, 0.29) is 11.5 Å². The van der Waals surface area contributed by atoms with Crippen LogP contribution in [-0.4, -0.2) is 41.9 Å². The summed E-state index contributed by atoms with van der Waals surface area (Å²) in [7, 11) is 1.72. The van der Waals surface area contributed by atoms with Crippen LogP contribution in [0.15, 0.2) is 71.4 Å². The summed E-state index contributed by atoms with van der Waals surface area (Å²) >= 11 is 1.53. The first-order valence-electron chi connectivity index (χ1n) is 9.87. The Morgan fingerprint density at radius 2 is 2.10 bits per heavy atom. The Morgan fingerprint density at radius 1 is 1.29 bits per heavy atom. The molecule has 4 rings (SSSR count). The molecule has 8 heteroatoms. The number of anilines is 1. The van der Waals surface area contributed by atoms with Crippen LogP contribution in [0.3, 0.4) is 0 Å². The van der Waals surface area contributed by atoms with E-state index in [9.17, 15) is 9.59 Å². The highest BCUT2D eigenvalue weighted by Crippen LogP contribution is 2.36. The standard InChI is InChI=1S/C23H23N5O2S/c1-28-20-9-16-7-8-26-18(16)10-21(20)31-14-19(23(28)30)27-22(29)17(11-24)13-25-12-15-5-3-2-4-6-15/h2-11,13,19,24-26H,12,14H2,1H3,(H,27,29)/b17-13+,24-11?/t19-/m0/s1. The van der Waals surface area contributed by atoms with Crippen molar-refractivity contribution in [2.45, 2.75) is 17.5 Å². The van der Waals surface area contributed by atoms with Gasteiger partial charge in [0.2, 0.25) is 5.91 Å². The molecule has 2 aromatic carbocycles. The van der Waals surface area contributed by atoms with Crippen molar-refractivity contribution in [1.82, 2.24) is 15.6 Å². The topological polar surface area (TPSA) is 101 Å². The third-order valence-corrected chi connectivity index (χ3v) is 6.30. The number of nitrogens with zero attached hydrogens (tertiary/aromatic N) is 1. The van der Waals surface area contributed by atoms with Crippen LogP contribution in [0.5, 0.6) is 0 Å². The maximum absolute atomic E-state index is 13.0. The van der Waals surface area contributed by atoms with E-state index < -0.39 is 11.9 Å². The van der Waals surface area contributed by atoms with E-state index in [4.69, 9.17) is 5.41 Å². The molecule has 7 nitrogen and oxygen atoms in total. The van der Waals surface area contributed by atoms with E-state index in [0.29, 0.717) is 12.3 Å². The first-order valence-corrected chi connectivity index (χ1v) is 10.9. The second-order valence-corrected chi connectivity index (χ2v) is 8.29. The fraction of sp³-hybridized carbons (Fsp3) is 0.174. The average Bonchev–Trinajstić information content (AvgIpc) is 3.22. The molecule has 3 aromatic rings. The van der Waals surface area contributed by atoms with Gasteiger partial charge >= 0.3 is 0 Å². The fourth-order valence-electron chi connectivity index (χ4n) is 3.44. The molecule has 1 aromatic heterocycles. The van der Waals surface area contributed by atoms with Gasteiger partial charge in [-0.3, -0.25) is 9.59 Å². The maximum atomic E-state index is 13.0. The van der Waals surface area contributed by atoms with Gasteiger partial charge in [0.25, 0.3) is 5.91 Å². The van der Waals surface area contributed by atoms with Crippen molar-refractivity contribution < 1.29 is 9.59 Å². The predicted molar refractivity (Wildman–Crippen MR) is 125 cm³/mol. The smallest absolute Gasteiger partial charge is 0.254 e. The van der Waals surface area contributed by atoms with Gasteiger partial charge in [0.15, 0.2) is 0 Å². The average molecular weight is 434 g/mol. The zero-order chi connectivity index (χ0) is 21.8. The number of aromatic nitrogens is 1. The lowest BCUT2D eigenvalue weighted by Gasteiger charge is -2.21. The number of fused-ring (bicyclic) bond motifs is 2. The highest BCUT2D eigenvalue weighted by molar-refractivity contribution is 7.99. The van der Waals surface area contributed by atoms with Gasteiger partial charge in [-0.2, -0.15) is 0 Å². The largest absolute Gasteiger partial charge is 0.386 e. The molecule has 0 bridgehead atoms. The first kappa shape index (κ1) is 20.7. The number of rotatable bonds is 6. The van der Waals surface area contributed by atoms with Crippen molar-refractivity contribution in [2.75, 3.05) is 17.7 Å². The lowest BCUT2D eigenvalue weighted by atomic mass is 10.2. The minimum absolute atomic E-state index is 0.159. The SMILES string of the molecule is CN1C(=O)[C@@H](NC(=O)/C(C=N)=C/NCc2ccccc2)CSc2cc3[nH]ccc3cc21. The van der Waals surface area contributed by atoms with Crippen LogP contribution in [0.2, 0.25) is 0 Å². The van der Waals surface area contributed by atoms with E-state index in [1.54, 1.807) is 11.9 Å². The molecule has 1 aliphatic heterocycles. The third-order valence-electron chi connectivity index (χ3n) is 5.16. The van der Waals surface area contributed by atoms with Crippen molar-refractivity contribution in [3.8, 4) is 0 Å². The van der Waals surface area contributed by atoms with Crippen molar-refractivity contribution in [3.63, 3.8) is 0 Å². The normalized spacial score (nSPS) is 16.5. The van der Waals surface area contributed by atoms with Gasteiger partial charge in [0.1, 0.15) is 6.04 Å². The molecule has 158 valence electrons. The van der Waals surface area contributed by atoms with Crippen molar-refractivity contribution in [3.05, 3.63) is 72.1 Å². The number of aromatic amines is 1. The number of nitrogens with one attached hydrogen (secondary N) is 4. The summed E-state index contributed by atoms with van der Waals surface area (Å²) in [5.74, 6) is -0.228. The summed E-state index contributed by atoms with van der Waals surface area (Å²) in [5, 5.41) is 14.5. The van der Waals surface area contributed by atoms with E-state index in [1.165, 1.54) is 18.0 Å². The van der Waals surface area contributed by atoms with Gasteiger partial charge in [0.05, 0.1) is 11.3 Å². The number of thioether (sulfide) groups is 1. The first-order chi connectivity index (χ1) is 15.1. The van der Waals surface area contributed by atoms with Gasteiger partial charge in [-0.15, -0.1) is 11.8 Å². The van der Waals surface area contributed by atoms with E-state index in [1.807, 2.05) is 54.7 Å². The summed E-state index contributed by atoms with van der Waals surface area (Å²) in [6.07, 6.45) is 4.36. The van der Waals surface area contributed by atoms with Crippen LogP contribution in [0.1, 0.15) is 5.56 Å². The Balaban J connectivity index is 1.45. The van der Waals surface area contributed by atoms with E-state index in [0.717, 1.165) is 33.3 Å². The molecule has 0 saturated heterocycles. The maximum Gasteiger partial charge on any atom is 0.254 e. The van der Waals surface area contributed by atoms with Crippen molar-refractivity contribution in [2.24, 2.45) is 0 Å². The van der Waals surface area contributed by atoms with Crippen LogP contribution in [0.25, 0.3) is 10.9 Å². The minimum Gasteiger partial charge on any atom is -0.386 e. The lowest BCUT2D eigenvalue weighted by Crippen LogP contribution is -2.48. The fourth-order valence-corrected chi connectivity index (χ4v) is 4.55. The van der Waals surface area contributed by atoms with E-state index >= 15 is 0 Å². The lowest BCUT2D eigenvalue weighted by molar-refractivity contribution is -0.124. The Kier molecular flexibility index (Phi) is 6.08. The zero-order valence-electron chi connectivity index (χ0n) is 17.0. The number of likely N-dealkylation sites (N-methyl/N-ethyl adjacent to an activating group) is 1. The Morgan fingerprint density at radius 3 is 2.87 bits per heavy atom. The van der Waals surface area contributed by atoms with Crippen molar-refractivity contribution >= 4 is 46.4 Å². The van der Waals surface area contributed by atoms with Crippen LogP contribution < -0.4 is 15.5 Å². The number of hydrogen-bond donors (Lipinski definition) is 4. The Labute approximate surface area is 184 Å². The van der Waals surface area contributed by atoms with Gasteiger partial charge in [0, 0.05) is 53.8 Å². The number of amides is 2. The minimum atomic E-state index is -0.689. The molecule has 4 N–H and O–H groups in total. The molecule has 0 radical (unpaired) electrons. The molecule has 0 spiro atoms. The number of carbonyl (C=O) groups excluding carboxylic acids is 2.